The van der Waals surface area contributed by atoms with Crippen molar-refractivity contribution in [3.05, 3.63) is 53.4 Å². The van der Waals surface area contributed by atoms with Crippen LogP contribution in [-0.2, 0) is 10.2 Å². The lowest BCUT2D eigenvalue weighted by molar-refractivity contribution is 0.0528. The van der Waals surface area contributed by atoms with Gasteiger partial charge in [0.05, 0.1) is 18.3 Å². The van der Waals surface area contributed by atoms with Crippen LogP contribution in [0.5, 0.6) is 5.88 Å². The number of nitrogens with zero attached hydrogens (tertiary/aromatic N) is 3. The van der Waals surface area contributed by atoms with Crippen LogP contribution in [0.3, 0.4) is 0 Å². The Bertz CT molecular complexity index is 944. The average molecular weight is 385 g/mol. The molecule has 1 aliphatic rings. The number of fused-ring (bicyclic) bond motifs is 1. The molecule has 0 aliphatic carbocycles. The molecule has 1 saturated heterocycles. The van der Waals surface area contributed by atoms with Gasteiger partial charge in [-0.1, -0.05) is 17.7 Å². The lowest BCUT2D eigenvalue weighted by atomic mass is 9.76. The van der Waals surface area contributed by atoms with E-state index in [1.807, 2.05) is 30.3 Å². The SMILES string of the molecule is COc1cccc(C2(CNc3ncnc4ccc(Cl)cc34)CCOCC2)n1. The molecule has 140 valence electrons. The molecule has 0 unspecified atom stereocenters. The first kappa shape index (κ1) is 17.9. The van der Waals surface area contributed by atoms with Crippen LogP contribution < -0.4 is 10.1 Å². The first-order valence-electron chi connectivity index (χ1n) is 8.94. The molecular formula is C20H21ClN4O2. The molecule has 2 aromatic heterocycles. The van der Waals surface area contributed by atoms with Crippen molar-refractivity contribution in [2.24, 2.45) is 0 Å². The van der Waals surface area contributed by atoms with Crippen molar-refractivity contribution >= 4 is 28.3 Å². The van der Waals surface area contributed by atoms with Crippen LogP contribution in [0.2, 0.25) is 5.02 Å². The van der Waals surface area contributed by atoms with E-state index in [0.29, 0.717) is 30.7 Å². The largest absolute Gasteiger partial charge is 0.481 e. The summed E-state index contributed by atoms with van der Waals surface area (Å²) in [6, 6.07) is 11.5. The van der Waals surface area contributed by atoms with E-state index in [9.17, 15) is 0 Å². The zero-order valence-electron chi connectivity index (χ0n) is 15.1. The van der Waals surface area contributed by atoms with Gasteiger partial charge in [0.15, 0.2) is 0 Å². The number of aromatic nitrogens is 3. The molecule has 0 bridgehead atoms. The fourth-order valence-corrected chi connectivity index (χ4v) is 3.70. The predicted molar refractivity (Wildman–Crippen MR) is 106 cm³/mol. The number of halogens is 1. The maximum atomic E-state index is 6.17. The fourth-order valence-electron chi connectivity index (χ4n) is 3.53. The maximum absolute atomic E-state index is 6.17. The Kier molecular flexibility index (Phi) is 5.09. The standard InChI is InChI=1S/C20H21ClN4O2/c1-26-18-4-2-3-17(25-18)20(7-9-27-10-8-20)12-22-19-15-11-14(21)5-6-16(15)23-13-24-19/h2-6,11,13H,7-10,12H2,1H3,(H,22,23,24). The van der Waals surface area contributed by atoms with Crippen LogP contribution >= 0.6 is 11.6 Å². The summed E-state index contributed by atoms with van der Waals surface area (Å²) in [5.74, 6) is 1.40. The van der Waals surface area contributed by atoms with Gasteiger partial charge in [0, 0.05) is 41.6 Å². The highest BCUT2D eigenvalue weighted by Gasteiger charge is 2.36. The van der Waals surface area contributed by atoms with Crippen LogP contribution in [-0.4, -0.2) is 41.8 Å². The lowest BCUT2D eigenvalue weighted by Crippen LogP contribution is -2.41. The molecule has 1 aliphatic heterocycles. The van der Waals surface area contributed by atoms with Crippen molar-refractivity contribution in [2.75, 3.05) is 32.2 Å². The van der Waals surface area contributed by atoms with Crippen molar-refractivity contribution in [3.8, 4) is 5.88 Å². The summed E-state index contributed by atoms with van der Waals surface area (Å²) in [4.78, 5) is 13.5. The number of pyridine rings is 1. The number of benzene rings is 1. The van der Waals surface area contributed by atoms with Crippen molar-refractivity contribution < 1.29 is 9.47 Å². The molecule has 6 nitrogen and oxygen atoms in total. The zero-order valence-corrected chi connectivity index (χ0v) is 15.9. The summed E-state index contributed by atoms with van der Waals surface area (Å²) in [5.41, 5.74) is 1.72. The minimum absolute atomic E-state index is 0.150. The highest BCUT2D eigenvalue weighted by molar-refractivity contribution is 6.31. The summed E-state index contributed by atoms with van der Waals surface area (Å²) in [7, 11) is 1.64. The smallest absolute Gasteiger partial charge is 0.213 e. The topological polar surface area (TPSA) is 69.2 Å². The van der Waals surface area contributed by atoms with E-state index in [-0.39, 0.29) is 5.41 Å². The van der Waals surface area contributed by atoms with Crippen molar-refractivity contribution in [1.29, 1.82) is 0 Å². The molecule has 0 saturated carbocycles. The minimum atomic E-state index is -0.150. The van der Waals surface area contributed by atoms with Gasteiger partial charge in [-0.3, -0.25) is 0 Å². The van der Waals surface area contributed by atoms with E-state index in [1.165, 1.54) is 0 Å². The van der Waals surface area contributed by atoms with Gasteiger partial charge in [0.2, 0.25) is 5.88 Å². The first-order chi connectivity index (χ1) is 13.2. The minimum Gasteiger partial charge on any atom is -0.481 e. The molecule has 0 atom stereocenters. The van der Waals surface area contributed by atoms with Crippen molar-refractivity contribution in [2.45, 2.75) is 18.3 Å². The summed E-state index contributed by atoms with van der Waals surface area (Å²) >= 11 is 6.17. The maximum Gasteiger partial charge on any atom is 0.213 e. The Hall–Kier alpha value is -2.44. The molecule has 0 radical (unpaired) electrons. The van der Waals surface area contributed by atoms with Crippen molar-refractivity contribution in [1.82, 2.24) is 15.0 Å². The van der Waals surface area contributed by atoms with E-state index < -0.39 is 0 Å². The first-order valence-corrected chi connectivity index (χ1v) is 9.31. The van der Waals surface area contributed by atoms with Crippen LogP contribution in [0.1, 0.15) is 18.5 Å². The Balaban J connectivity index is 1.66. The summed E-state index contributed by atoms with van der Waals surface area (Å²) in [5, 5.41) is 5.09. The molecule has 4 rings (SSSR count). The number of hydrogen-bond acceptors (Lipinski definition) is 6. The number of anilines is 1. The average Bonchev–Trinajstić information content (AvgIpc) is 2.73. The molecule has 1 fully saturated rings. The molecule has 0 spiro atoms. The predicted octanol–water partition coefficient (Wildman–Crippen LogP) is 3.85. The van der Waals surface area contributed by atoms with Gasteiger partial charge in [-0.2, -0.15) is 0 Å². The third-order valence-corrected chi connectivity index (χ3v) is 5.35. The highest BCUT2D eigenvalue weighted by Crippen LogP contribution is 2.35. The van der Waals surface area contributed by atoms with Crippen molar-refractivity contribution in [3.63, 3.8) is 0 Å². The van der Waals surface area contributed by atoms with Gasteiger partial charge in [-0.25, -0.2) is 15.0 Å². The molecule has 27 heavy (non-hydrogen) atoms. The van der Waals surface area contributed by atoms with E-state index in [1.54, 1.807) is 13.4 Å². The van der Waals surface area contributed by atoms with Crippen LogP contribution in [0.15, 0.2) is 42.7 Å². The molecule has 3 heterocycles. The summed E-state index contributed by atoms with van der Waals surface area (Å²) < 4.78 is 10.9. The number of hydrogen-bond donors (Lipinski definition) is 1. The summed E-state index contributed by atoms with van der Waals surface area (Å²) in [6.07, 6.45) is 3.33. The van der Waals surface area contributed by atoms with E-state index in [0.717, 1.165) is 35.3 Å². The normalized spacial score (nSPS) is 16.2. The van der Waals surface area contributed by atoms with Gasteiger partial charge < -0.3 is 14.8 Å². The molecule has 7 heteroatoms. The van der Waals surface area contributed by atoms with Gasteiger partial charge in [0.1, 0.15) is 12.1 Å². The second-order valence-electron chi connectivity index (χ2n) is 6.70. The Morgan fingerprint density at radius 1 is 1.19 bits per heavy atom. The highest BCUT2D eigenvalue weighted by atomic mass is 35.5. The Labute approximate surface area is 162 Å². The van der Waals surface area contributed by atoms with Crippen LogP contribution in [0.4, 0.5) is 5.82 Å². The lowest BCUT2D eigenvalue weighted by Gasteiger charge is -2.37. The summed E-state index contributed by atoms with van der Waals surface area (Å²) in [6.45, 7) is 2.10. The van der Waals surface area contributed by atoms with Gasteiger partial charge in [-0.15, -0.1) is 0 Å². The number of rotatable bonds is 5. The molecule has 0 amide bonds. The number of nitrogens with one attached hydrogen (secondary N) is 1. The second-order valence-corrected chi connectivity index (χ2v) is 7.13. The van der Waals surface area contributed by atoms with E-state index >= 15 is 0 Å². The number of methoxy groups -OCH3 is 1. The monoisotopic (exact) mass is 384 g/mol. The number of ether oxygens (including phenoxy) is 2. The fraction of sp³-hybridized carbons (Fsp3) is 0.350. The molecule has 1 aromatic carbocycles. The van der Waals surface area contributed by atoms with Gasteiger partial charge >= 0.3 is 0 Å². The third kappa shape index (κ3) is 3.68. The van der Waals surface area contributed by atoms with Crippen LogP contribution in [0.25, 0.3) is 10.9 Å². The van der Waals surface area contributed by atoms with Crippen LogP contribution in [0, 0.1) is 0 Å². The second kappa shape index (κ2) is 7.66. The molecule has 1 N–H and O–H groups in total. The van der Waals surface area contributed by atoms with E-state index in [4.69, 9.17) is 26.1 Å². The van der Waals surface area contributed by atoms with Gasteiger partial charge in [-0.05, 0) is 37.1 Å². The molecular weight excluding hydrogens is 364 g/mol. The van der Waals surface area contributed by atoms with E-state index in [2.05, 4.69) is 21.4 Å². The molecule has 3 aromatic rings. The quantitative estimate of drug-likeness (QED) is 0.720. The third-order valence-electron chi connectivity index (χ3n) is 5.12. The Morgan fingerprint density at radius 3 is 2.85 bits per heavy atom. The zero-order chi connectivity index (χ0) is 18.7. The van der Waals surface area contributed by atoms with Gasteiger partial charge in [0.25, 0.3) is 0 Å². The Morgan fingerprint density at radius 2 is 2.04 bits per heavy atom.